The SMILES string of the molecule is Cc1sc(Br)cc1C(O)c1ccc(C(C)C)cc1. The molecule has 0 saturated heterocycles. The van der Waals surface area contributed by atoms with Gasteiger partial charge in [0.2, 0.25) is 0 Å². The van der Waals surface area contributed by atoms with Crippen LogP contribution >= 0.6 is 27.3 Å². The minimum atomic E-state index is -0.534. The molecule has 1 aromatic carbocycles. The second-order valence-electron chi connectivity index (χ2n) is 4.79. The van der Waals surface area contributed by atoms with Crippen molar-refractivity contribution in [3.63, 3.8) is 0 Å². The molecule has 1 unspecified atom stereocenters. The van der Waals surface area contributed by atoms with Crippen molar-refractivity contribution in [3.05, 3.63) is 55.7 Å². The second-order valence-corrected chi connectivity index (χ2v) is 7.42. The molecule has 18 heavy (non-hydrogen) atoms. The Kier molecular flexibility index (Phi) is 4.25. The second kappa shape index (κ2) is 5.55. The number of hydrogen-bond donors (Lipinski definition) is 1. The summed E-state index contributed by atoms with van der Waals surface area (Å²) in [6.45, 7) is 6.38. The van der Waals surface area contributed by atoms with Gasteiger partial charge in [-0.05, 0) is 51.5 Å². The van der Waals surface area contributed by atoms with Crippen molar-refractivity contribution in [1.29, 1.82) is 0 Å². The summed E-state index contributed by atoms with van der Waals surface area (Å²) in [5.41, 5.74) is 3.24. The molecule has 0 amide bonds. The molecule has 1 nitrogen and oxygen atoms in total. The first-order valence-corrected chi connectivity index (χ1v) is 7.63. The van der Waals surface area contributed by atoms with Crippen molar-refractivity contribution in [3.8, 4) is 0 Å². The molecule has 1 atom stereocenters. The van der Waals surface area contributed by atoms with E-state index in [9.17, 15) is 5.11 Å². The van der Waals surface area contributed by atoms with Gasteiger partial charge in [0, 0.05) is 4.88 Å². The summed E-state index contributed by atoms with van der Waals surface area (Å²) in [5.74, 6) is 0.522. The lowest BCUT2D eigenvalue weighted by Crippen LogP contribution is -2.00. The van der Waals surface area contributed by atoms with E-state index in [-0.39, 0.29) is 0 Å². The minimum Gasteiger partial charge on any atom is -0.384 e. The van der Waals surface area contributed by atoms with E-state index >= 15 is 0 Å². The maximum absolute atomic E-state index is 10.4. The van der Waals surface area contributed by atoms with Gasteiger partial charge in [-0.2, -0.15) is 0 Å². The number of benzene rings is 1. The Morgan fingerprint density at radius 2 is 1.67 bits per heavy atom. The summed E-state index contributed by atoms with van der Waals surface area (Å²) in [7, 11) is 0. The van der Waals surface area contributed by atoms with Crippen molar-refractivity contribution in [2.45, 2.75) is 32.8 Å². The lowest BCUT2D eigenvalue weighted by molar-refractivity contribution is 0.220. The molecule has 96 valence electrons. The zero-order chi connectivity index (χ0) is 13.3. The maximum Gasteiger partial charge on any atom is 0.105 e. The molecular weight excluding hydrogens is 308 g/mol. The molecule has 1 aromatic heterocycles. The van der Waals surface area contributed by atoms with Crippen LogP contribution in [-0.2, 0) is 0 Å². The Morgan fingerprint density at radius 3 is 2.11 bits per heavy atom. The first-order valence-electron chi connectivity index (χ1n) is 6.02. The van der Waals surface area contributed by atoms with Gasteiger partial charge in [-0.15, -0.1) is 11.3 Å². The molecule has 0 fully saturated rings. The van der Waals surface area contributed by atoms with E-state index < -0.39 is 6.10 Å². The van der Waals surface area contributed by atoms with Crippen LogP contribution < -0.4 is 0 Å². The van der Waals surface area contributed by atoms with Crippen molar-refractivity contribution < 1.29 is 5.11 Å². The number of aliphatic hydroxyl groups excluding tert-OH is 1. The molecule has 0 aliphatic carbocycles. The van der Waals surface area contributed by atoms with Gasteiger partial charge in [-0.25, -0.2) is 0 Å². The van der Waals surface area contributed by atoms with E-state index in [0.717, 1.165) is 19.8 Å². The van der Waals surface area contributed by atoms with Crippen LogP contribution in [0.2, 0.25) is 0 Å². The van der Waals surface area contributed by atoms with Crippen LogP contribution in [0, 0.1) is 6.92 Å². The van der Waals surface area contributed by atoms with Crippen molar-refractivity contribution in [2.24, 2.45) is 0 Å². The molecule has 2 aromatic rings. The van der Waals surface area contributed by atoms with Gasteiger partial charge in [0.1, 0.15) is 6.10 Å². The fraction of sp³-hybridized carbons (Fsp3) is 0.333. The molecule has 0 saturated carbocycles. The van der Waals surface area contributed by atoms with Gasteiger partial charge in [0.15, 0.2) is 0 Å². The zero-order valence-electron chi connectivity index (χ0n) is 10.8. The van der Waals surface area contributed by atoms with Gasteiger partial charge in [-0.3, -0.25) is 0 Å². The van der Waals surface area contributed by atoms with Crippen molar-refractivity contribution >= 4 is 27.3 Å². The minimum absolute atomic E-state index is 0.522. The van der Waals surface area contributed by atoms with Gasteiger partial charge >= 0.3 is 0 Å². The predicted octanol–water partition coefficient (Wildman–Crippen LogP) is 5.02. The molecule has 1 heterocycles. The fourth-order valence-corrected chi connectivity index (χ4v) is 3.71. The predicted molar refractivity (Wildman–Crippen MR) is 81.3 cm³/mol. The highest BCUT2D eigenvalue weighted by Crippen LogP contribution is 2.33. The Labute approximate surface area is 121 Å². The average molecular weight is 325 g/mol. The average Bonchev–Trinajstić information content (AvgIpc) is 2.67. The first kappa shape index (κ1) is 13.8. The van der Waals surface area contributed by atoms with Crippen LogP contribution in [-0.4, -0.2) is 5.11 Å². The summed E-state index contributed by atoms with van der Waals surface area (Å²) in [4.78, 5) is 1.15. The normalized spacial score (nSPS) is 13.0. The molecule has 0 bridgehead atoms. The quantitative estimate of drug-likeness (QED) is 0.840. The Bertz CT molecular complexity index is 528. The molecule has 0 aliphatic heterocycles. The summed E-state index contributed by atoms with van der Waals surface area (Å²) in [6, 6.07) is 10.2. The van der Waals surface area contributed by atoms with Crippen LogP contribution in [0.5, 0.6) is 0 Å². The van der Waals surface area contributed by atoms with E-state index in [1.807, 2.05) is 25.1 Å². The lowest BCUT2D eigenvalue weighted by atomic mass is 9.97. The van der Waals surface area contributed by atoms with Crippen molar-refractivity contribution in [2.75, 3.05) is 0 Å². The largest absolute Gasteiger partial charge is 0.384 e. The van der Waals surface area contributed by atoms with Gasteiger partial charge in [-0.1, -0.05) is 38.1 Å². The van der Waals surface area contributed by atoms with Gasteiger partial charge in [0.05, 0.1) is 3.79 Å². The molecular formula is C15H17BrOS. The summed E-state index contributed by atoms with van der Waals surface area (Å²) < 4.78 is 1.06. The monoisotopic (exact) mass is 324 g/mol. The molecule has 0 radical (unpaired) electrons. The Morgan fingerprint density at radius 1 is 1.11 bits per heavy atom. The Balaban J connectivity index is 2.28. The molecule has 0 aliphatic rings. The number of aliphatic hydroxyl groups is 1. The standard InChI is InChI=1S/C15H17BrOS/c1-9(2)11-4-6-12(7-5-11)15(17)13-8-14(16)18-10(13)3/h4-9,15,17H,1-3H3. The highest BCUT2D eigenvalue weighted by molar-refractivity contribution is 9.11. The summed E-state index contributed by atoms with van der Waals surface area (Å²) in [6.07, 6.45) is -0.534. The smallest absolute Gasteiger partial charge is 0.105 e. The number of hydrogen-bond acceptors (Lipinski definition) is 2. The van der Waals surface area contributed by atoms with E-state index in [2.05, 4.69) is 41.9 Å². The fourth-order valence-electron chi connectivity index (χ4n) is 1.97. The number of aryl methyl sites for hydroxylation is 1. The van der Waals surface area contributed by atoms with Gasteiger partial charge < -0.3 is 5.11 Å². The highest BCUT2D eigenvalue weighted by atomic mass is 79.9. The molecule has 0 spiro atoms. The zero-order valence-corrected chi connectivity index (χ0v) is 13.2. The van der Waals surface area contributed by atoms with Crippen LogP contribution in [0.3, 0.4) is 0 Å². The van der Waals surface area contributed by atoms with Crippen LogP contribution in [0.4, 0.5) is 0 Å². The molecule has 2 rings (SSSR count). The number of thiophene rings is 1. The van der Waals surface area contributed by atoms with E-state index in [0.29, 0.717) is 5.92 Å². The summed E-state index contributed by atoms with van der Waals surface area (Å²) >= 11 is 5.12. The Hall–Kier alpha value is -0.640. The van der Waals surface area contributed by atoms with Crippen molar-refractivity contribution in [1.82, 2.24) is 0 Å². The molecule has 1 N–H and O–H groups in total. The van der Waals surface area contributed by atoms with E-state index in [1.165, 1.54) is 5.56 Å². The maximum atomic E-state index is 10.4. The molecule has 3 heteroatoms. The van der Waals surface area contributed by atoms with E-state index in [1.54, 1.807) is 11.3 Å². The highest BCUT2D eigenvalue weighted by Gasteiger charge is 2.15. The number of halogens is 1. The third-order valence-corrected chi connectivity index (χ3v) is 4.71. The van der Waals surface area contributed by atoms with Gasteiger partial charge in [0.25, 0.3) is 0 Å². The van der Waals surface area contributed by atoms with E-state index in [4.69, 9.17) is 0 Å². The van der Waals surface area contributed by atoms with Crippen LogP contribution in [0.25, 0.3) is 0 Å². The third kappa shape index (κ3) is 2.85. The summed E-state index contributed by atoms with van der Waals surface area (Å²) in [5, 5.41) is 10.4. The topological polar surface area (TPSA) is 20.2 Å². The number of rotatable bonds is 3. The first-order chi connectivity index (χ1) is 8.49. The third-order valence-electron chi connectivity index (χ3n) is 3.14. The van der Waals surface area contributed by atoms with Crippen LogP contribution in [0.1, 0.15) is 47.4 Å². The van der Waals surface area contributed by atoms with Crippen LogP contribution in [0.15, 0.2) is 34.1 Å². The lowest BCUT2D eigenvalue weighted by Gasteiger charge is -2.12.